The highest BCUT2D eigenvalue weighted by Crippen LogP contribution is 2.13. The first kappa shape index (κ1) is 20.0. The van der Waals surface area contributed by atoms with Gasteiger partial charge in [-0.3, -0.25) is 0 Å². The lowest BCUT2D eigenvalue weighted by Crippen LogP contribution is -1.83. The summed E-state index contributed by atoms with van der Waals surface area (Å²) in [5.41, 5.74) is 1.64. The summed E-state index contributed by atoms with van der Waals surface area (Å²) >= 11 is 5.49. The quantitative estimate of drug-likeness (QED) is 0.253. The second-order valence-corrected chi connectivity index (χ2v) is 6.35. The maximum Gasteiger partial charge on any atom is 0.000245 e. The minimum absolute atomic E-state index is 1.15. The molecule has 0 aromatic carbocycles. The first-order valence-electron chi connectivity index (χ1n) is 9.17. The maximum absolute atomic E-state index is 5.49. The van der Waals surface area contributed by atoms with Crippen LogP contribution in [0.15, 0.2) is 11.6 Å². The van der Waals surface area contributed by atoms with E-state index in [2.05, 4.69) is 13.0 Å². The molecule has 0 nitrogen and oxygen atoms in total. The lowest BCUT2D eigenvalue weighted by Gasteiger charge is -2.03. The molecule has 0 fully saturated rings. The summed E-state index contributed by atoms with van der Waals surface area (Å²) in [4.78, 5) is 0. The molecular weight excluding hydrogens is 264 g/mol. The fourth-order valence-corrected chi connectivity index (χ4v) is 2.82. The van der Waals surface area contributed by atoms with E-state index in [0.29, 0.717) is 0 Å². The Labute approximate surface area is 133 Å². The van der Waals surface area contributed by atoms with E-state index >= 15 is 0 Å². The Morgan fingerprint density at radius 1 is 0.550 bits per heavy atom. The van der Waals surface area contributed by atoms with Gasteiger partial charge in [-0.15, -0.1) is 0 Å². The third-order valence-corrected chi connectivity index (χ3v) is 4.24. The number of rotatable bonds is 16. The third kappa shape index (κ3) is 18.0. The molecule has 0 saturated heterocycles. The van der Waals surface area contributed by atoms with Crippen molar-refractivity contribution in [2.45, 2.75) is 110 Å². The molecule has 0 saturated carbocycles. The molecule has 0 aliphatic rings. The number of unbranched alkanes of at least 4 members (excludes halogenated alkanes) is 15. The fraction of sp³-hybridized carbons (Fsp3) is 0.895. The molecule has 0 aromatic rings. The summed E-state index contributed by atoms with van der Waals surface area (Å²) in [7, 11) is 0. The number of hydrogen-bond acceptors (Lipinski definition) is 0. The second kappa shape index (κ2) is 19.0. The van der Waals surface area contributed by atoms with E-state index in [9.17, 15) is 0 Å². The van der Waals surface area contributed by atoms with Crippen LogP contribution in [-0.2, 0) is 0 Å². The number of hydrogen-bond donors (Lipinski definition) is 0. The van der Waals surface area contributed by atoms with Gasteiger partial charge in [0.2, 0.25) is 0 Å². The highest BCUT2D eigenvalue weighted by molar-refractivity contribution is 6.25. The zero-order valence-electron chi connectivity index (χ0n) is 13.8. The first-order valence-corrected chi connectivity index (χ1v) is 9.60. The van der Waals surface area contributed by atoms with E-state index in [0.717, 1.165) is 6.42 Å². The number of halogens is 1. The van der Waals surface area contributed by atoms with Gasteiger partial charge < -0.3 is 0 Å². The predicted molar refractivity (Wildman–Crippen MR) is 94.5 cm³/mol. The molecule has 0 amide bonds. The summed E-state index contributed by atoms with van der Waals surface area (Å²) in [6, 6.07) is 0. The average Bonchev–Trinajstić information content (AvgIpc) is 2.47. The van der Waals surface area contributed by atoms with Crippen molar-refractivity contribution in [1.29, 1.82) is 0 Å². The van der Waals surface area contributed by atoms with Gasteiger partial charge >= 0.3 is 0 Å². The Morgan fingerprint density at radius 3 is 1.25 bits per heavy atom. The lowest BCUT2D eigenvalue weighted by molar-refractivity contribution is 0.533. The van der Waals surface area contributed by atoms with Crippen molar-refractivity contribution >= 4 is 11.6 Å². The molecular formula is C19H37Cl. The molecule has 0 radical (unpaired) electrons. The Hall–Kier alpha value is 0.0300. The van der Waals surface area contributed by atoms with Gasteiger partial charge in [-0.25, -0.2) is 0 Å². The van der Waals surface area contributed by atoms with Gasteiger partial charge in [-0.1, -0.05) is 114 Å². The van der Waals surface area contributed by atoms with Crippen LogP contribution < -0.4 is 0 Å². The van der Waals surface area contributed by atoms with E-state index in [1.54, 1.807) is 5.54 Å². The molecule has 1 heteroatoms. The van der Waals surface area contributed by atoms with Crippen LogP contribution in [0.1, 0.15) is 110 Å². The van der Waals surface area contributed by atoms with Crippen molar-refractivity contribution in [3.63, 3.8) is 0 Å². The lowest BCUT2D eigenvalue weighted by atomic mass is 10.0. The molecule has 0 aliphatic carbocycles. The van der Waals surface area contributed by atoms with Crippen LogP contribution in [0.3, 0.4) is 0 Å². The Balaban J connectivity index is 2.92. The second-order valence-electron chi connectivity index (χ2n) is 6.10. The minimum atomic E-state index is 1.15. The van der Waals surface area contributed by atoms with Crippen LogP contribution in [-0.4, -0.2) is 0 Å². The smallest absolute Gasteiger partial charge is 0.000245 e. The zero-order valence-corrected chi connectivity index (χ0v) is 14.6. The zero-order chi connectivity index (χ0) is 14.7. The largest absolute Gasteiger partial charge is 0.0933 e. The molecule has 0 unspecified atom stereocenters. The Morgan fingerprint density at radius 2 is 0.900 bits per heavy atom. The van der Waals surface area contributed by atoms with Crippen molar-refractivity contribution in [2.24, 2.45) is 0 Å². The molecule has 20 heavy (non-hydrogen) atoms. The molecule has 0 bridgehead atoms. The summed E-state index contributed by atoms with van der Waals surface area (Å²) in [5.74, 6) is 0. The SMILES string of the molecule is CCCCCCCCCCCCCCCCC/C=C\Cl. The molecule has 0 atom stereocenters. The van der Waals surface area contributed by atoms with Crippen molar-refractivity contribution in [2.75, 3.05) is 0 Å². The van der Waals surface area contributed by atoms with Gasteiger partial charge in [-0.2, -0.15) is 0 Å². The molecule has 0 rings (SSSR count). The summed E-state index contributed by atoms with van der Waals surface area (Å²) in [5, 5.41) is 0. The van der Waals surface area contributed by atoms with E-state index in [-0.39, 0.29) is 0 Å². The monoisotopic (exact) mass is 300 g/mol. The van der Waals surface area contributed by atoms with Gasteiger partial charge in [0.1, 0.15) is 0 Å². The molecule has 120 valence electrons. The average molecular weight is 301 g/mol. The van der Waals surface area contributed by atoms with Gasteiger partial charge in [0.15, 0.2) is 0 Å². The van der Waals surface area contributed by atoms with Gasteiger partial charge in [0.05, 0.1) is 0 Å². The van der Waals surface area contributed by atoms with Crippen LogP contribution >= 0.6 is 11.6 Å². The molecule has 0 spiro atoms. The fourth-order valence-electron chi connectivity index (χ4n) is 2.70. The van der Waals surface area contributed by atoms with E-state index in [1.165, 1.54) is 96.3 Å². The number of allylic oxidation sites excluding steroid dienone is 1. The summed E-state index contributed by atoms with van der Waals surface area (Å²) < 4.78 is 0. The molecule has 0 aliphatic heterocycles. The normalized spacial score (nSPS) is 11.5. The van der Waals surface area contributed by atoms with Crippen LogP contribution in [0.4, 0.5) is 0 Å². The van der Waals surface area contributed by atoms with E-state index < -0.39 is 0 Å². The van der Waals surface area contributed by atoms with Crippen LogP contribution in [0.25, 0.3) is 0 Å². The van der Waals surface area contributed by atoms with Crippen molar-refractivity contribution < 1.29 is 0 Å². The maximum atomic E-state index is 5.49. The summed E-state index contributed by atoms with van der Waals surface area (Å²) in [6.45, 7) is 2.29. The van der Waals surface area contributed by atoms with E-state index in [1.807, 2.05) is 0 Å². The van der Waals surface area contributed by atoms with Crippen LogP contribution in [0.5, 0.6) is 0 Å². The minimum Gasteiger partial charge on any atom is -0.0933 e. The highest BCUT2D eigenvalue weighted by Gasteiger charge is 1.93. The molecule has 0 N–H and O–H groups in total. The predicted octanol–water partition coefficient (Wildman–Crippen LogP) is 8.00. The first-order chi connectivity index (χ1) is 9.91. The summed E-state index contributed by atoms with van der Waals surface area (Å²) in [6.07, 6.45) is 24.7. The van der Waals surface area contributed by atoms with Gasteiger partial charge in [0, 0.05) is 5.54 Å². The van der Waals surface area contributed by atoms with Crippen molar-refractivity contribution in [3.05, 3.63) is 11.6 Å². The Kier molecular flexibility index (Phi) is 19.1. The third-order valence-electron chi connectivity index (χ3n) is 4.06. The topological polar surface area (TPSA) is 0 Å². The molecule has 0 heterocycles. The highest BCUT2D eigenvalue weighted by atomic mass is 35.5. The van der Waals surface area contributed by atoms with Crippen molar-refractivity contribution in [3.8, 4) is 0 Å². The van der Waals surface area contributed by atoms with Gasteiger partial charge in [0.25, 0.3) is 0 Å². The van der Waals surface area contributed by atoms with E-state index in [4.69, 9.17) is 11.6 Å². The van der Waals surface area contributed by atoms with Crippen LogP contribution in [0.2, 0.25) is 0 Å². The van der Waals surface area contributed by atoms with Crippen molar-refractivity contribution in [1.82, 2.24) is 0 Å². The van der Waals surface area contributed by atoms with Gasteiger partial charge in [-0.05, 0) is 12.8 Å². The molecule has 0 aromatic heterocycles. The standard InChI is InChI=1S/C19H37Cl/c1-2-3-4-5-6-7-8-9-10-11-12-13-14-15-16-17-18-19-20/h18-19H,2-17H2,1H3/b19-18-. The Bertz CT molecular complexity index is 186. The van der Waals surface area contributed by atoms with Crippen LogP contribution in [0, 0.1) is 0 Å².